The van der Waals surface area contributed by atoms with Crippen molar-refractivity contribution in [2.75, 3.05) is 32.7 Å². The molecule has 1 N–H and O–H groups in total. The number of rotatable bonds is 5. The summed E-state index contributed by atoms with van der Waals surface area (Å²) in [6.45, 7) is 13.3. The van der Waals surface area contributed by atoms with Crippen LogP contribution < -0.4 is 5.32 Å². The number of hydrogen-bond donors (Lipinski definition) is 1. The molecule has 0 aromatic carbocycles. The topological polar surface area (TPSA) is 44.8 Å². The second-order valence-corrected chi connectivity index (χ2v) is 8.14. The second kappa shape index (κ2) is 8.34. The molecule has 2 saturated heterocycles. The van der Waals surface area contributed by atoms with Crippen molar-refractivity contribution in [3.8, 4) is 0 Å². The van der Waals surface area contributed by atoms with Crippen molar-refractivity contribution in [3.05, 3.63) is 0 Å². The molecule has 134 valence electrons. The molecule has 2 unspecified atom stereocenters. The van der Waals surface area contributed by atoms with Gasteiger partial charge in [-0.3, -0.25) is 0 Å². The van der Waals surface area contributed by atoms with Crippen molar-refractivity contribution in [2.45, 2.75) is 77.5 Å². The summed E-state index contributed by atoms with van der Waals surface area (Å²) in [5, 5.41) is 3.64. The fourth-order valence-electron chi connectivity index (χ4n) is 3.53. The summed E-state index contributed by atoms with van der Waals surface area (Å²) in [7, 11) is 0. The molecule has 23 heavy (non-hydrogen) atoms. The molecule has 0 bridgehead atoms. The van der Waals surface area contributed by atoms with Crippen LogP contribution in [0.5, 0.6) is 0 Å². The van der Waals surface area contributed by atoms with Gasteiger partial charge in [-0.25, -0.2) is 4.79 Å². The fraction of sp³-hybridized carbons (Fsp3) is 0.944. The molecular weight excluding hydrogens is 290 g/mol. The van der Waals surface area contributed by atoms with Crippen LogP contribution in [0, 0.1) is 0 Å². The van der Waals surface area contributed by atoms with Gasteiger partial charge in [0, 0.05) is 31.7 Å². The van der Waals surface area contributed by atoms with Gasteiger partial charge in [-0.2, -0.15) is 0 Å². The largest absolute Gasteiger partial charge is 0.444 e. The normalized spacial score (nSPS) is 24.7. The number of nitrogens with zero attached hydrogens (tertiary/aromatic N) is 2. The average Bonchev–Trinajstić information content (AvgIpc) is 2.96. The Kier molecular flexibility index (Phi) is 6.72. The van der Waals surface area contributed by atoms with Crippen LogP contribution in [0.2, 0.25) is 0 Å². The molecule has 2 rings (SSSR count). The van der Waals surface area contributed by atoms with E-state index < -0.39 is 5.60 Å². The minimum Gasteiger partial charge on any atom is -0.444 e. The lowest BCUT2D eigenvalue weighted by atomic mass is 10.0. The molecule has 0 aromatic heterocycles. The number of nitrogens with one attached hydrogen (secondary N) is 1. The van der Waals surface area contributed by atoms with Crippen LogP contribution in [0.3, 0.4) is 0 Å². The summed E-state index contributed by atoms with van der Waals surface area (Å²) >= 11 is 0. The van der Waals surface area contributed by atoms with Crippen LogP contribution in [0.4, 0.5) is 4.79 Å². The van der Waals surface area contributed by atoms with Gasteiger partial charge in [-0.05, 0) is 72.9 Å². The quantitative estimate of drug-likeness (QED) is 0.844. The Morgan fingerprint density at radius 3 is 2.48 bits per heavy atom. The lowest BCUT2D eigenvalue weighted by Crippen LogP contribution is -2.52. The summed E-state index contributed by atoms with van der Waals surface area (Å²) < 4.78 is 5.57. The number of hydrogen-bond acceptors (Lipinski definition) is 4. The summed E-state index contributed by atoms with van der Waals surface area (Å²) in [4.78, 5) is 16.9. The van der Waals surface area contributed by atoms with E-state index in [0.717, 1.165) is 32.5 Å². The zero-order valence-electron chi connectivity index (χ0n) is 15.4. The number of piperidine rings is 1. The maximum Gasteiger partial charge on any atom is 0.410 e. The van der Waals surface area contributed by atoms with Gasteiger partial charge in [-0.15, -0.1) is 0 Å². The first kappa shape index (κ1) is 18.5. The zero-order valence-corrected chi connectivity index (χ0v) is 15.4. The van der Waals surface area contributed by atoms with Gasteiger partial charge in [0.25, 0.3) is 0 Å². The first-order valence-electron chi connectivity index (χ1n) is 9.30. The number of amides is 1. The van der Waals surface area contributed by atoms with Crippen molar-refractivity contribution < 1.29 is 9.53 Å². The van der Waals surface area contributed by atoms with Crippen LogP contribution in [-0.2, 0) is 4.74 Å². The third-order valence-corrected chi connectivity index (χ3v) is 4.69. The molecule has 2 fully saturated rings. The molecule has 0 saturated carbocycles. The van der Waals surface area contributed by atoms with Crippen molar-refractivity contribution in [1.82, 2.24) is 15.1 Å². The molecule has 5 heteroatoms. The summed E-state index contributed by atoms with van der Waals surface area (Å²) in [5.41, 5.74) is -0.421. The Balaban J connectivity index is 1.79. The van der Waals surface area contributed by atoms with E-state index in [-0.39, 0.29) is 12.1 Å². The lowest BCUT2D eigenvalue weighted by molar-refractivity contribution is 0.00961. The minimum atomic E-state index is -0.421. The number of ether oxygens (including phenoxy) is 1. The van der Waals surface area contributed by atoms with E-state index in [0.29, 0.717) is 6.04 Å². The van der Waals surface area contributed by atoms with Crippen molar-refractivity contribution >= 4 is 6.09 Å². The van der Waals surface area contributed by atoms with E-state index >= 15 is 0 Å². The number of carbonyl (C=O) groups is 1. The number of likely N-dealkylation sites (tertiary alicyclic amines) is 2. The zero-order chi connectivity index (χ0) is 16.9. The van der Waals surface area contributed by atoms with E-state index in [1.165, 1.54) is 32.4 Å². The fourth-order valence-corrected chi connectivity index (χ4v) is 3.53. The van der Waals surface area contributed by atoms with Crippen LogP contribution in [-0.4, -0.2) is 66.3 Å². The lowest BCUT2D eigenvalue weighted by Gasteiger charge is -2.37. The van der Waals surface area contributed by atoms with Crippen LogP contribution >= 0.6 is 0 Å². The summed E-state index contributed by atoms with van der Waals surface area (Å²) in [5.74, 6) is 0. The van der Waals surface area contributed by atoms with Crippen molar-refractivity contribution in [2.24, 2.45) is 0 Å². The molecule has 2 aliphatic heterocycles. The molecule has 2 heterocycles. The molecule has 0 aromatic rings. The van der Waals surface area contributed by atoms with E-state index in [2.05, 4.69) is 17.1 Å². The molecule has 5 nitrogen and oxygen atoms in total. The predicted molar refractivity (Wildman–Crippen MR) is 93.7 cm³/mol. The highest BCUT2D eigenvalue weighted by atomic mass is 16.6. The Labute approximate surface area is 141 Å². The van der Waals surface area contributed by atoms with Crippen LogP contribution in [0.15, 0.2) is 0 Å². The van der Waals surface area contributed by atoms with Gasteiger partial charge in [-0.1, -0.05) is 0 Å². The van der Waals surface area contributed by atoms with Gasteiger partial charge < -0.3 is 19.9 Å². The Hall–Kier alpha value is -0.810. The Bertz CT molecular complexity index is 375. The van der Waals surface area contributed by atoms with Crippen molar-refractivity contribution in [3.63, 3.8) is 0 Å². The van der Waals surface area contributed by atoms with Crippen molar-refractivity contribution in [1.29, 1.82) is 0 Å². The van der Waals surface area contributed by atoms with Gasteiger partial charge in [0.15, 0.2) is 0 Å². The van der Waals surface area contributed by atoms with Gasteiger partial charge in [0.2, 0.25) is 0 Å². The standard InChI is InChI=1S/C18H35N3O2/c1-15(14-20-10-7-8-11-20)19-13-16-9-5-6-12-21(16)17(22)23-18(2,3)4/h15-16,19H,5-14H2,1-4H3. The van der Waals surface area contributed by atoms with Gasteiger partial charge >= 0.3 is 6.09 Å². The molecular formula is C18H35N3O2. The van der Waals surface area contributed by atoms with Crippen LogP contribution in [0.1, 0.15) is 59.8 Å². The predicted octanol–water partition coefficient (Wildman–Crippen LogP) is 2.85. The monoisotopic (exact) mass is 325 g/mol. The van der Waals surface area contributed by atoms with E-state index in [1.807, 2.05) is 25.7 Å². The molecule has 2 atom stereocenters. The van der Waals surface area contributed by atoms with E-state index in [9.17, 15) is 4.79 Å². The maximum atomic E-state index is 12.4. The second-order valence-electron chi connectivity index (χ2n) is 8.14. The third-order valence-electron chi connectivity index (χ3n) is 4.69. The summed E-state index contributed by atoms with van der Waals surface area (Å²) in [6, 6.07) is 0.732. The highest BCUT2D eigenvalue weighted by molar-refractivity contribution is 5.68. The summed E-state index contributed by atoms with van der Waals surface area (Å²) in [6.07, 6.45) is 5.87. The molecule has 0 aliphatic carbocycles. The average molecular weight is 325 g/mol. The third kappa shape index (κ3) is 6.30. The highest BCUT2D eigenvalue weighted by Crippen LogP contribution is 2.20. The van der Waals surface area contributed by atoms with Crippen LogP contribution in [0.25, 0.3) is 0 Å². The highest BCUT2D eigenvalue weighted by Gasteiger charge is 2.30. The SMILES string of the molecule is CC(CN1CCCC1)NCC1CCCCN1C(=O)OC(C)(C)C. The maximum absolute atomic E-state index is 12.4. The first-order chi connectivity index (χ1) is 10.8. The molecule has 0 radical (unpaired) electrons. The molecule has 0 spiro atoms. The number of carbonyl (C=O) groups excluding carboxylic acids is 1. The smallest absolute Gasteiger partial charge is 0.410 e. The first-order valence-corrected chi connectivity index (χ1v) is 9.30. The van der Waals surface area contributed by atoms with E-state index in [4.69, 9.17) is 4.74 Å². The van der Waals surface area contributed by atoms with E-state index in [1.54, 1.807) is 0 Å². The Morgan fingerprint density at radius 2 is 1.83 bits per heavy atom. The van der Waals surface area contributed by atoms with Gasteiger partial charge in [0.1, 0.15) is 5.60 Å². The Morgan fingerprint density at radius 1 is 1.17 bits per heavy atom. The molecule has 2 aliphatic rings. The minimum absolute atomic E-state index is 0.156. The van der Waals surface area contributed by atoms with Gasteiger partial charge in [0.05, 0.1) is 0 Å². The molecule has 1 amide bonds.